The van der Waals surface area contributed by atoms with Gasteiger partial charge in [0.1, 0.15) is 11.4 Å². The smallest absolute Gasteiger partial charge is 0.325 e. The summed E-state index contributed by atoms with van der Waals surface area (Å²) >= 11 is 6.00. The number of benzene rings is 1. The van der Waals surface area contributed by atoms with Gasteiger partial charge < -0.3 is 10.5 Å². The number of hydrogen-bond acceptors (Lipinski definition) is 4. The van der Waals surface area contributed by atoms with Crippen LogP contribution in [0.4, 0.5) is 4.79 Å². The summed E-state index contributed by atoms with van der Waals surface area (Å²) in [5.41, 5.74) is 6.26. The summed E-state index contributed by atoms with van der Waals surface area (Å²) in [6, 6.07) is 7.01. The van der Waals surface area contributed by atoms with E-state index in [-0.39, 0.29) is 11.2 Å². The van der Waals surface area contributed by atoms with Crippen LogP contribution in [-0.4, -0.2) is 27.3 Å². The SMILES string of the molecule is COc1cc(-c2cc(=O)n3nccc3n2C(N)=O)ccc1Cl. The first-order chi connectivity index (χ1) is 10.5. The second-order valence-corrected chi connectivity index (χ2v) is 4.90. The number of rotatable bonds is 2. The number of primary amides is 1. The van der Waals surface area contributed by atoms with Gasteiger partial charge in [0.05, 0.1) is 24.0 Å². The topological polar surface area (TPSA) is 91.6 Å². The van der Waals surface area contributed by atoms with Crippen molar-refractivity contribution in [3.05, 3.63) is 51.9 Å². The molecule has 0 radical (unpaired) electrons. The Bertz CT molecular complexity index is 945. The van der Waals surface area contributed by atoms with Gasteiger partial charge in [0.2, 0.25) is 0 Å². The Hall–Kier alpha value is -2.80. The lowest BCUT2D eigenvalue weighted by Crippen LogP contribution is -2.27. The minimum absolute atomic E-state index is 0.281. The number of aromatic nitrogens is 3. The summed E-state index contributed by atoms with van der Waals surface area (Å²) in [6.07, 6.45) is 1.42. The third-order valence-electron chi connectivity index (χ3n) is 3.23. The summed E-state index contributed by atoms with van der Waals surface area (Å²) in [5, 5.41) is 4.29. The number of ether oxygens (including phenoxy) is 1. The molecule has 0 saturated carbocycles. The first-order valence-electron chi connectivity index (χ1n) is 6.26. The van der Waals surface area contributed by atoms with Gasteiger partial charge in [-0.05, 0) is 12.1 Å². The lowest BCUT2D eigenvalue weighted by Gasteiger charge is -2.13. The van der Waals surface area contributed by atoms with E-state index in [4.69, 9.17) is 22.1 Å². The largest absolute Gasteiger partial charge is 0.495 e. The Balaban J connectivity index is 2.37. The van der Waals surface area contributed by atoms with Gasteiger partial charge >= 0.3 is 6.03 Å². The predicted octanol–water partition coefficient (Wildman–Crippen LogP) is 1.75. The quantitative estimate of drug-likeness (QED) is 0.779. The van der Waals surface area contributed by atoms with E-state index in [1.807, 2.05) is 0 Å². The van der Waals surface area contributed by atoms with Gasteiger partial charge in [0.15, 0.2) is 0 Å². The Morgan fingerprint density at radius 3 is 2.77 bits per heavy atom. The zero-order valence-electron chi connectivity index (χ0n) is 11.5. The van der Waals surface area contributed by atoms with Gasteiger partial charge in [-0.15, -0.1) is 0 Å². The fourth-order valence-corrected chi connectivity index (χ4v) is 2.46. The van der Waals surface area contributed by atoms with Crippen molar-refractivity contribution in [2.75, 3.05) is 7.11 Å². The van der Waals surface area contributed by atoms with Gasteiger partial charge in [-0.3, -0.25) is 4.79 Å². The highest BCUT2D eigenvalue weighted by Crippen LogP contribution is 2.30. The van der Waals surface area contributed by atoms with Crippen LogP contribution in [0.25, 0.3) is 16.9 Å². The van der Waals surface area contributed by atoms with Crippen LogP contribution in [0.1, 0.15) is 0 Å². The molecule has 0 fully saturated rings. The van der Waals surface area contributed by atoms with E-state index in [1.165, 1.54) is 30.0 Å². The molecular weight excluding hydrogens is 308 g/mol. The third-order valence-corrected chi connectivity index (χ3v) is 3.54. The summed E-state index contributed by atoms with van der Waals surface area (Å²) in [6.45, 7) is 0. The zero-order valence-corrected chi connectivity index (χ0v) is 12.2. The number of hydrogen-bond donors (Lipinski definition) is 1. The summed E-state index contributed by atoms with van der Waals surface area (Å²) < 4.78 is 7.46. The maximum Gasteiger partial charge on any atom is 0.325 e. The highest BCUT2D eigenvalue weighted by atomic mass is 35.5. The monoisotopic (exact) mass is 318 g/mol. The maximum atomic E-state index is 12.1. The number of carbonyl (C=O) groups excluding carboxylic acids is 1. The molecule has 0 aliphatic carbocycles. The molecule has 2 heterocycles. The summed E-state index contributed by atoms with van der Waals surface area (Å²) in [7, 11) is 1.48. The van der Waals surface area contributed by atoms with Crippen molar-refractivity contribution in [1.29, 1.82) is 0 Å². The molecule has 0 atom stereocenters. The Labute approximate surface area is 129 Å². The van der Waals surface area contributed by atoms with Crippen LogP contribution < -0.4 is 16.0 Å². The average molecular weight is 319 g/mol. The maximum absolute atomic E-state index is 12.1. The molecule has 0 spiro atoms. The number of methoxy groups -OCH3 is 1. The van der Waals surface area contributed by atoms with Gasteiger partial charge in [-0.25, -0.2) is 9.36 Å². The zero-order chi connectivity index (χ0) is 15.9. The molecule has 1 amide bonds. The highest BCUT2D eigenvalue weighted by Gasteiger charge is 2.16. The molecule has 2 N–H and O–H groups in total. The van der Waals surface area contributed by atoms with Crippen LogP contribution in [0, 0.1) is 0 Å². The Morgan fingerprint density at radius 1 is 1.32 bits per heavy atom. The fourth-order valence-electron chi connectivity index (χ4n) is 2.26. The van der Waals surface area contributed by atoms with Gasteiger partial charge in [-0.2, -0.15) is 9.61 Å². The minimum atomic E-state index is -0.727. The van der Waals surface area contributed by atoms with Crippen molar-refractivity contribution in [3.63, 3.8) is 0 Å². The number of amides is 1. The molecule has 0 bridgehead atoms. The van der Waals surface area contributed by atoms with Crippen LogP contribution in [0.5, 0.6) is 5.75 Å². The van der Waals surface area contributed by atoms with Crippen molar-refractivity contribution in [2.45, 2.75) is 0 Å². The number of nitrogens with zero attached hydrogens (tertiary/aromatic N) is 3. The first-order valence-corrected chi connectivity index (χ1v) is 6.64. The van der Waals surface area contributed by atoms with Gasteiger partial charge in [0, 0.05) is 17.7 Å². The van der Waals surface area contributed by atoms with E-state index in [1.54, 1.807) is 18.2 Å². The van der Waals surface area contributed by atoms with E-state index in [0.717, 1.165) is 4.52 Å². The van der Waals surface area contributed by atoms with Gasteiger partial charge in [-0.1, -0.05) is 17.7 Å². The van der Waals surface area contributed by atoms with E-state index < -0.39 is 6.03 Å². The highest BCUT2D eigenvalue weighted by molar-refractivity contribution is 6.32. The molecule has 1 aromatic carbocycles. The van der Waals surface area contributed by atoms with Crippen LogP contribution in [0.15, 0.2) is 41.3 Å². The summed E-state index contributed by atoms with van der Waals surface area (Å²) in [5.74, 6) is 0.427. The molecule has 0 unspecified atom stereocenters. The number of halogens is 1. The second-order valence-electron chi connectivity index (χ2n) is 4.49. The number of carbonyl (C=O) groups is 1. The van der Waals surface area contributed by atoms with E-state index in [0.29, 0.717) is 22.0 Å². The van der Waals surface area contributed by atoms with Crippen molar-refractivity contribution < 1.29 is 9.53 Å². The molecule has 2 aromatic heterocycles. The van der Waals surface area contributed by atoms with Crippen molar-refractivity contribution in [3.8, 4) is 17.0 Å². The van der Waals surface area contributed by atoms with Gasteiger partial charge in [0.25, 0.3) is 5.56 Å². The molecule has 7 nitrogen and oxygen atoms in total. The lowest BCUT2D eigenvalue weighted by atomic mass is 10.1. The Kier molecular flexibility index (Phi) is 3.34. The number of fused-ring (bicyclic) bond motifs is 1. The van der Waals surface area contributed by atoms with Crippen LogP contribution in [0.2, 0.25) is 5.02 Å². The van der Waals surface area contributed by atoms with Crippen molar-refractivity contribution >= 4 is 23.3 Å². The number of nitrogens with two attached hydrogens (primary N) is 1. The second kappa shape index (κ2) is 5.19. The fraction of sp³-hybridized carbons (Fsp3) is 0.0714. The van der Waals surface area contributed by atoms with Crippen LogP contribution in [0.3, 0.4) is 0 Å². The van der Waals surface area contributed by atoms with E-state index in [2.05, 4.69) is 5.10 Å². The minimum Gasteiger partial charge on any atom is -0.495 e. The molecule has 22 heavy (non-hydrogen) atoms. The first kappa shape index (κ1) is 14.2. The Morgan fingerprint density at radius 2 is 2.09 bits per heavy atom. The normalized spacial score (nSPS) is 10.8. The summed E-state index contributed by atoms with van der Waals surface area (Å²) in [4.78, 5) is 23.9. The lowest BCUT2D eigenvalue weighted by molar-refractivity contribution is 0.251. The molecule has 0 aliphatic heterocycles. The average Bonchev–Trinajstić information content (AvgIpc) is 2.97. The van der Waals surface area contributed by atoms with Crippen molar-refractivity contribution in [1.82, 2.24) is 14.2 Å². The van der Waals surface area contributed by atoms with Crippen LogP contribution >= 0.6 is 11.6 Å². The molecule has 0 aliphatic rings. The van der Waals surface area contributed by atoms with E-state index in [9.17, 15) is 9.59 Å². The molecule has 0 saturated heterocycles. The van der Waals surface area contributed by atoms with Crippen LogP contribution in [-0.2, 0) is 0 Å². The third kappa shape index (κ3) is 2.11. The molecule has 3 rings (SSSR count). The van der Waals surface area contributed by atoms with Crippen molar-refractivity contribution in [2.24, 2.45) is 5.73 Å². The predicted molar refractivity (Wildman–Crippen MR) is 81.4 cm³/mol. The van der Waals surface area contributed by atoms with E-state index >= 15 is 0 Å². The standard InChI is InChI=1S/C14H11ClN4O3/c1-22-11-6-8(2-3-9(11)15)10-7-13(20)19-12(4-5-17-19)18(10)14(16)21/h2-7H,1H3,(H2,16,21). The molecular formula is C14H11ClN4O3. The molecule has 3 aromatic rings. The molecule has 8 heteroatoms. The molecule has 112 valence electrons.